The van der Waals surface area contributed by atoms with Gasteiger partial charge >= 0.3 is 6.18 Å². The third-order valence-corrected chi connectivity index (χ3v) is 10.1. The van der Waals surface area contributed by atoms with Gasteiger partial charge in [-0.2, -0.15) is 17.5 Å². The van der Waals surface area contributed by atoms with E-state index < -0.39 is 21.8 Å². The van der Waals surface area contributed by atoms with Crippen LogP contribution >= 0.6 is 11.3 Å². The monoisotopic (exact) mass is 533 g/mol. The average molecular weight is 534 g/mol. The molecule has 35 heavy (non-hydrogen) atoms. The number of rotatable bonds is 6. The fourth-order valence-corrected chi connectivity index (χ4v) is 7.23. The number of halogens is 3. The zero-order valence-electron chi connectivity index (χ0n) is 19.4. The maximum Gasteiger partial charge on any atom is 0.421 e. The van der Waals surface area contributed by atoms with Crippen LogP contribution in [0.5, 0.6) is 0 Å². The SMILES string of the molecule is CC(O)(c1ccc(N2CCN(S(=O)(=O)c3cccs3)CC2CN2CCC(O)CC2)cc1)C(F)(F)F. The van der Waals surface area contributed by atoms with Crippen LogP contribution in [0, 0.1) is 0 Å². The first-order valence-corrected chi connectivity index (χ1v) is 13.8. The molecule has 0 aliphatic carbocycles. The minimum atomic E-state index is -4.81. The van der Waals surface area contributed by atoms with Crippen molar-refractivity contribution in [3.63, 3.8) is 0 Å². The highest BCUT2D eigenvalue weighted by atomic mass is 32.2. The van der Waals surface area contributed by atoms with Crippen LogP contribution < -0.4 is 4.90 Å². The average Bonchev–Trinajstić information content (AvgIpc) is 3.36. The van der Waals surface area contributed by atoms with E-state index in [0.29, 0.717) is 44.7 Å². The summed E-state index contributed by atoms with van der Waals surface area (Å²) in [5, 5.41) is 21.6. The van der Waals surface area contributed by atoms with Crippen molar-refractivity contribution in [1.82, 2.24) is 9.21 Å². The molecule has 0 amide bonds. The van der Waals surface area contributed by atoms with E-state index in [2.05, 4.69) is 4.90 Å². The number of likely N-dealkylation sites (tertiary alicyclic amines) is 1. The molecule has 0 bridgehead atoms. The van der Waals surface area contributed by atoms with E-state index in [9.17, 15) is 31.8 Å². The van der Waals surface area contributed by atoms with Gasteiger partial charge in [-0.3, -0.25) is 0 Å². The van der Waals surface area contributed by atoms with Crippen LogP contribution in [0.2, 0.25) is 0 Å². The van der Waals surface area contributed by atoms with Gasteiger partial charge in [-0.25, -0.2) is 8.42 Å². The molecule has 2 N–H and O–H groups in total. The summed E-state index contributed by atoms with van der Waals surface area (Å²) in [6, 6.07) is 8.68. The Balaban J connectivity index is 1.57. The molecule has 2 aliphatic heterocycles. The van der Waals surface area contributed by atoms with Crippen molar-refractivity contribution in [2.45, 2.75) is 47.9 Å². The molecule has 2 unspecified atom stereocenters. The Morgan fingerprint density at radius 3 is 2.29 bits per heavy atom. The zero-order chi connectivity index (χ0) is 25.4. The first-order valence-electron chi connectivity index (χ1n) is 11.5. The second-order valence-electron chi connectivity index (χ2n) is 9.29. The van der Waals surface area contributed by atoms with Crippen LogP contribution in [0.4, 0.5) is 18.9 Å². The fourth-order valence-electron chi connectivity index (χ4n) is 4.62. The number of nitrogens with zero attached hydrogens (tertiary/aromatic N) is 3. The zero-order valence-corrected chi connectivity index (χ0v) is 21.0. The van der Waals surface area contributed by atoms with Crippen LogP contribution in [-0.2, 0) is 15.6 Å². The van der Waals surface area contributed by atoms with Crippen LogP contribution in [0.15, 0.2) is 46.0 Å². The van der Waals surface area contributed by atoms with Crippen LogP contribution in [0.3, 0.4) is 0 Å². The summed E-state index contributed by atoms with van der Waals surface area (Å²) >= 11 is 1.17. The van der Waals surface area contributed by atoms with Crippen molar-refractivity contribution in [3.8, 4) is 0 Å². The summed E-state index contributed by atoms with van der Waals surface area (Å²) in [5.41, 5.74) is -2.55. The third-order valence-electron chi connectivity index (χ3n) is 6.87. The normalized spacial score (nSPS) is 23.4. The molecule has 0 radical (unpaired) electrons. The predicted molar refractivity (Wildman–Crippen MR) is 128 cm³/mol. The van der Waals surface area contributed by atoms with Gasteiger partial charge in [0.05, 0.1) is 12.1 Å². The molecular formula is C23H30F3N3O4S2. The van der Waals surface area contributed by atoms with Gasteiger partial charge < -0.3 is 20.0 Å². The molecular weight excluding hydrogens is 503 g/mol. The van der Waals surface area contributed by atoms with Crippen molar-refractivity contribution in [3.05, 3.63) is 47.3 Å². The quantitative estimate of drug-likeness (QED) is 0.594. The summed E-state index contributed by atoms with van der Waals surface area (Å²) in [4.78, 5) is 4.21. The fraction of sp³-hybridized carbons (Fsp3) is 0.565. The highest BCUT2D eigenvalue weighted by Crippen LogP contribution is 2.39. The molecule has 2 saturated heterocycles. The Morgan fingerprint density at radius 2 is 1.71 bits per heavy atom. The van der Waals surface area contributed by atoms with E-state index in [1.165, 1.54) is 27.8 Å². The van der Waals surface area contributed by atoms with E-state index in [1.54, 1.807) is 29.6 Å². The van der Waals surface area contributed by atoms with Crippen molar-refractivity contribution in [2.24, 2.45) is 0 Å². The Hall–Kier alpha value is -1.70. The van der Waals surface area contributed by atoms with E-state index >= 15 is 0 Å². The number of hydrogen-bond acceptors (Lipinski definition) is 7. The van der Waals surface area contributed by atoms with Crippen molar-refractivity contribution < 1.29 is 31.8 Å². The maximum absolute atomic E-state index is 13.3. The number of aliphatic hydroxyl groups excluding tert-OH is 1. The molecule has 0 saturated carbocycles. The standard InChI is InChI=1S/C23H30F3N3O4S2/c1-22(31,23(24,25)26)17-4-6-18(7-5-17)29-13-12-28(35(32,33)21-3-2-14-34-21)16-19(29)15-27-10-8-20(30)9-11-27/h2-7,14,19-20,30-31H,8-13,15-16H2,1H3. The second kappa shape index (κ2) is 9.98. The van der Waals surface area contributed by atoms with Crippen molar-refractivity contribution >= 4 is 27.0 Å². The van der Waals surface area contributed by atoms with Crippen LogP contribution in [0.1, 0.15) is 25.3 Å². The largest absolute Gasteiger partial charge is 0.421 e. The van der Waals surface area contributed by atoms with Crippen molar-refractivity contribution in [1.29, 1.82) is 0 Å². The van der Waals surface area contributed by atoms with Gasteiger partial charge in [-0.05, 0) is 48.9 Å². The first-order chi connectivity index (χ1) is 16.4. The molecule has 2 atom stereocenters. The predicted octanol–water partition coefficient (Wildman–Crippen LogP) is 2.85. The molecule has 0 spiro atoms. The molecule has 4 rings (SSSR count). The third kappa shape index (κ3) is 5.52. The van der Waals surface area contributed by atoms with Gasteiger partial charge in [0.2, 0.25) is 0 Å². The summed E-state index contributed by atoms with van der Waals surface area (Å²) in [5.74, 6) is 0. The lowest BCUT2D eigenvalue weighted by Crippen LogP contribution is -2.59. The van der Waals surface area contributed by atoms with Crippen molar-refractivity contribution in [2.75, 3.05) is 44.2 Å². The molecule has 1 aromatic heterocycles. The van der Waals surface area contributed by atoms with Crippen LogP contribution in [-0.4, -0.2) is 85.4 Å². The number of piperidine rings is 1. The number of sulfonamides is 1. The summed E-state index contributed by atoms with van der Waals surface area (Å²) in [6.45, 7) is 3.53. The number of benzene rings is 1. The van der Waals surface area contributed by atoms with Gasteiger partial charge in [0, 0.05) is 45.0 Å². The molecule has 7 nitrogen and oxygen atoms in total. The topological polar surface area (TPSA) is 84.3 Å². The highest BCUT2D eigenvalue weighted by molar-refractivity contribution is 7.91. The Labute approximate surface area is 207 Å². The lowest BCUT2D eigenvalue weighted by atomic mass is 9.95. The highest BCUT2D eigenvalue weighted by Gasteiger charge is 2.51. The van der Waals surface area contributed by atoms with Gasteiger partial charge in [0.1, 0.15) is 4.21 Å². The molecule has 12 heteroatoms. The lowest BCUT2D eigenvalue weighted by molar-refractivity contribution is -0.258. The molecule has 1 aromatic carbocycles. The van der Waals surface area contributed by atoms with E-state index in [-0.39, 0.29) is 35.0 Å². The van der Waals surface area contributed by atoms with Gasteiger partial charge in [0.25, 0.3) is 10.0 Å². The first kappa shape index (κ1) is 26.4. The van der Waals surface area contributed by atoms with Gasteiger partial charge in [-0.15, -0.1) is 11.3 Å². The van der Waals surface area contributed by atoms with Crippen LogP contribution in [0.25, 0.3) is 0 Å². The maximum atomic E-state index is 13.3. The smallest absolute Gasteiger partial charge is 0.393 e. The number of alkyl halides is 3. The molecule has 3 heterocycles. The minimum Gasteiger partial charge on any atom is -0.393 e. The lowest BCUT2D eigenvalue weighted by Gasteiger charge is -2.44. The van der Waals surface area contributed by atoms with E-state index in [4.69, 9.17) is 0 Å². The summed E-state index contributed by atoms with van der Waals surface area (Å²) in [7, 11) is -3.64. The Kier molecular flexibility index (Phi) is 7.52. The van der Waals surface area contributed by atoms with E-state index in [0.717, 1.165) is 6.92 Å². The molecule has 2 aromatic rings. The Morgan fingerprint density at radius 1 is 1.06 bits per heavy atom. The van der Waals surface area contributed by atoms with Gasteiger partial charge in [-0.1, -0.05) is 18.2 Å². The summed E-state index contributed by atoms with van der Waals surface area (Å²) < 4.78 is 67.8. The Bertz CT molecular complexity index is 1080. The minimum absolute atomic E-state index is 0.234. The number of piperazine rings is 1. The van der Waals surface area contributed by atoms with E-state index in [1.807, 2.05) is 4.90 Å². The number of hydrogen-bond donors (Lipinski definition) is 2. The van der Waals surface area contributed by atoms with Gasteiger partial charge in [0.15, 0.2) is 5.60 Å². The summed E-state index contributed by atoms with van der Waals surface area (Å²) in [6.07, 6.45) is -3.85. The molecule has 2 fully saturated rings. The second-order valence-corrected chi connectivity index (χ2v) is 12.4. The number of thiophene rings is 1. The number of aliphatic hydroxyl groups is 2. The number of anilines is 1. The molecule has 194 valence electrons. The molecule has 2 aliphatic rings.